The van der Waals surface area contributed by atoms with Crippen LogP contribution in [-0.4, -0.2) is 18.5 Å². The number of amides is 1. The third-order valence-electron chi connectivity index (χ3n) is 1.73. The summed E-state index contributed by atoms with van der Waals surface area (Å²) in [4.78, 5) is 14.5. The Hall–Kier alpha value is 0.390. The molecule has 4 nitrogen and oxygen atoms in total. The SMILES string of the molecule is CCCCCCCCONC=O.O.[H-].[Na+]. The van der Waals surface area contributed by atoms with Gasteiger partial charge < -0.3 is 6.90 Å². The maximum atomic E-state index is 9.74. The van der Waals surface area contributed by atoms with Gasteiger partial charge in [-0.15, -0.1) is 0 Å². The molecule has 82 valence electrons. The standard InChI is InChI=1S/C9H19NO2.Na.H2O.H/c1-2-3-4-5-6-7-8-12-10-9-11;;;/h9H,2-8H2,1H3,(H,10,11);;1H2;/q;+1;;-1. The van der Waals surface area contributed by atoms with Crippen molar-refractivity contribution in [3.63, 3.8) is 0 Å². The van der Waals surface area contributed by atoms with Gasteiger partial charge in [-0.05, 0) is 6.42 Å². The van der Waals surface area contributed by atoms with Crippen LogP contribution in [0.25, 0.3) is 0 Å². The van der Waals surface area contributed by atoms with E-state index < -0.39 is 0 Å². The number of rotatable bonds is 9. The Morgan fingerprint density at radius 3 is 2.36 bits per heavy atom. The fourth-order valence-corrected chi connectivity index (χ4v) is 1.05. The molecular formula is C9H22NNaO3. The monoisotopic (exact) mass is 215 g/mol. The van der Waals surface area contributed by atoms with Crippen LogP contribution in [0.15, 0.2) is 0 Å². The van der Waals surface area contributed by atoms with Gasteiger partial charge in [0.1, 0.15) is 0 Å². The summed E-state index contributed by atoms with van der Waals surface area (Å²) in [6.45, 7) is 2.84. The van der Waals surface area contributed by atoms with Gasteiger partial charge in [-0.3, -0.25) is 9.63 Å². The van der Waals surface area contributed by atoms with Crippen molar-refractivity contribution in [3.05, 3.63) is 0 Å². The molecule has 0 fully saturated rings. The van der Waals surface area contributed by atoms with E-state index in [1.165, 1.54) is 32.1 Å². The van der Waals surface area contributed by atoms with Gasteiger partial charge in [0.25, 0.3) is 0 Å². The van der Waals surface area contributed by atoms with E-state index in [4.69, 9.17) is 4.84 Å². The number of nitrogens with one attached hydrogen (secondary N) is 1. The van der Waals surface area contributed by atoms with Crippen molar-refractivity contribution in [1.82, 2.24) is 5.48 Å². The molecule has 0 aliphatic carbocycles. The summed E-state index contributed by atoms with van der Waals surface area (Å²) in [5.74, 6) is 0. The van der Waals surface area contributed by atoms with Gasteiger partial charge in [-0.25, -0.2) is 5.48 Å². The zero-order valence-corrected chi connectivity index (χ0v) is 11.3. The smallest absolute Gasteiger partial charge is 1.00 e. The quantitative estimate of drug-likeness (QED) is 0.216. The van der Waals surface area contributed by atoms with Crippen molar-refractivity contribution in [2.45, 2.75) is 45.4 Å². The number of unbranched alkanes of at least 4 members (excludes halogenated alkanes) is 5. The Kier molecular flexibility index (Phi) is 27.0. The second kappa shape index (κ2) is 19.0. The molecule has 0 saturated heterocycles. The molecule has 5 heteroatoms. The number of carbonyl (C=O) groups is 1. The van der Waals surface area contributed by atoms with Gasteiger partial charge in [-0.1, -0.05) is 39.0 Å². The van der Waals surface area contributed by atoms with Gasteiger partial charge in [0.05, 0.1) is 6.61 Å². The van der Waals surface area contributed by atoms with Crippen LogP contribution in [0.5, 0.6) is 0 Å². The van der Waals surface area contributed by atoms with Crippen LogP contribution >= 0.6 is 0 Å². The summed E-state index contributed by atoms with van der Waals surface area (Å²) in [5, 5.41) is 0. The molecule has 0 aliphatic rings. The molecule has 0 atom stereocenters. The van der Waals surface area contributed by atoms with Crippen LogP contribution in [0.3, 0.4) is 0 Å². The summed E-state index contributed by atoms with van der Waals surface area (Å²) in [5.41, 5.74) is 2.17. The molecule has 0 rings (SSSR count). The minimum absolute atomic E-state index is 0. The van der Waals surface area contributed by atoms with Gasteiger partial charge in [0, 0.05) is 0 Å². The summed E-state index contributed by atoms with van der Waals surface area (Å²) in [7, 11) is 0. The fourth-order valence-electron chi connectivity index (χ4n) is 1.05. The average Bonchev–Trinajstić information content (AvgIpc) is 2.10. The Morgan fingerprint density at radius 2 is 1.79 bits per heavy atom. The van der Waals surface area contributed by atoms with Gasteiger partial charge in [0.2, 0.25) is 6.41 Å². The van der Waals surface area contributed by atoms with Gasteiger partial charge in [-0.2, -0.15) is 0 Å². The third-order valence-corrected chi connectivity index (χ3v) is 1.73. The first-order valence-corrected chi connectivity index (χ1v) is 4.72. The van der Waals surface area contributed by atoms with Crippen molar-refractivity contribution in [2.24, 2.45) is 0 Å². The van der Waals surface area contributed by atoms with Crippen LogP contribution < -0.4 is 35.0 Å². The zero-order chi connectivity index (χ0) is 9.07. The number of hydroxylamine groups is 1. The molecule has 3 N–H and O–H groups in total. The zero-order valence-electron chi connectivity index (χ0n) is 10.3. The van der Waals surface area contributed by atoms with Crippen LogP contribution in [0.2, 0.25) is 0 Å². The number of carbonyl (C=O) groups excluding carboxylic acids is 1. The maximum absolute atomic E-state index is 9.74. The van der Waals surface area contributed by atoms with Crippen molar-refractivity contribution in [1.29, 1.82) is 0 Å². The summed E-state index contributed by atoms with van der Waals surface area (Å²) < 4.78 is 0. The normalized spacial score (nSPS) is 8.36. The van der Waals surface area contributed by atoms with E-state index in [9.17, 15) is 4.79 Å². The van der Waals surface area contributed by atoms with E-state index in [1.807, 2.05) is 0 Å². The Labute approximate surface area is 110 Å². The van der Waals surface area contributed by atoms with Crippen molar-refractivity contribution in [3.8, 4) is 0 Å². The molecule has 1 amide bonds. The first-order valence-electron chi connectivity index (χ1n) is 4.72. The predicted molar refractivity (Wildman–Crippen MR) is 53.3 cm³/mol. The number of hydrogen-bond acceptors (Lipinski definition) is 2. The molecule has 0 bridgehead atoms. The van der Waals surface area contributed by atoms with Gasteiger partial charge >= 0.3 is 29.6 Å². The molecule has 0 saturated carbocycles. The summed E-state index contributed by atoms with van der Waals surface area (Å²) >= 11 is 0. The largest absolute Gasteiger partial charge is 1.00 e. The van der Waals surface area contributed by atoms with Crippen LogP contribution in [0.1, 0.15) is 46.9 Å². The van der Waals surface area contributed by atoms with Gasteiger partial charge in [0.15, 0.2) is 0 Å². The molecule has 14 heavy (non-hydrogen) atoms. The molecule has 0 heterocycles. The van der Waals surface area contributed by atoms with E-state index in [0.717, 1.165) is 6.42 Å². The van der Waals surface area contributed by atoms with Crippen molar-refractivity contribution < 1.29 is 46.1 Å². The minimum atomic E-state index is 0. The Bertz CT molecular complexity index is 109. The molecule has 0 radical (unpaired) electrons. The Morgan fingerprint density at radius 1 is 1.21 bits per heavy atom. The minimum Gasteiger partial charge on any atom is -1.00 e. The predicted octanol–water partition coefficient (Wildman–Crippen LogP) is -1.68. The second-order valence-corrected chi connectivity index (χ2v) is 2.85. The van der Waals surface area contributed by atoms with Crippen molar-refractivity contribution in [2.75, 3.05) is 6.61 Å². The Balaban J connectivity index is -0.000000202. The third kappa shape index (κ3) is 18.2. The molecule has 0 aliphatic heterocycles. The summed E-state index contributed by atoms with van der Waals surface area (Å²) in [6, 6.07) is 0. The van der Waals surface area contributed by atoms with Crippen LogP contribution in [-0.2, 0) is 9.63 Å². The second-order valence-electron chi connectivity index (χ2n) is 2.85. The topological polar surface area (TPSA) is 69.8 Å². The van der Waals surface area contributed by atoms with E-state index >= 15 is 0 Å². The maximum Gasteiger partial charge on any atom is 1.00 e. The first kappa shape index (κ1) is 19.9. The molecule has 0 aromatic heterocycles. The fraction of sp³-hybridized carbons (Fsp3) is 0.889. The van der Waals surface area contributed by atoms with E-state index in [2.05, 4.69) is 12.4 Å². The molecule has 0 spiro atoms. The molecule has 0 unspecified atom stereocenters. The summed E-state index contributed by atoms with van der Waals surface area (Å²) in [6.07, 6.45) is 7.98. The van der Waals surface area contributed by atoms with Crippen LogP contribution in [0.4, 0.5) is 0 Å². The van der Waals surface area contributed by atoms with Crippen LogP contribution in [0, 0.1) is 0 Å². The number of hydrogen-bond donors (Lipinski definition) is 1. The average molecular weight is 215 g/mol. The van der Waals surface area contributed by atoms with E-state index in [1.54, 1.807) is 0 Å². The molecular weight excluding hydrogens is 193 g/mol. The van der Waals surface area contributed by atoms with E-state index in [-0.39, 0.29) is 36.5 Å². The van der Waals surface area contributed by atoms with Crippen molar-refractivity contribution >= 4 is 6.41 Å². The molecule has 0 aromatic rings. The van der Waals surface area contributed by atoms with E-state index in [0.29, 0.717) is 13.0 Å². The first-order chi connectivity index (χ1) is 5.91. The molecule has 0 aromatic carbocycles.